The van der Waals surface area contributed by atoms with E-state index in [1.165, 1.54) is 6.07 Å². The second kappa shape index (κ2) is 5.04. The summed E-state index contributed by atoms with van der Waals surface area (Å²) in [5.41, 5.74) is 5.21. The van der Waals surface area contributed by atoms with Crippen molar-refractivity contribution in [2.45, 2.75) is 32.8 Å². The Balaban J connectivity index is 2.99. The van der Waals surface area contributed by atoms with Gasteiger partial charge in [-0.15, -0.1) is 0 Å². The maximum absolute atomic E-state index is 13.1. The Morgan fingerprint density at radius 3 is 2.35 bits per heavy atom. The predicted molar refractivity (Wildman–Crippen MR) is 71.3 cm³/mol. The number of hydrogen-bond donors (Lipinski definition) is 2. The van der Waals surface area contributed by atoms with E-state index in [0.29, 0.717) is 10.9 Å². The molecule has 96 valence electrons. The molecule has 1 aromatic rings. The van der Waals surface area contributed by atoms with Gasteiger partial charge in [-0.05, 0) is 39.0 Å². The van der Waals surface area contributed by atoms with Crippen molar-refractivity contribution < 1.29 is 9.50 Å². The van der Waals surface area contributed by atoms with E-state index >= 15 is 0 Å². The molecule has 0 fully saturated rings. The maximum atomic E-state index is 13.1. The molecule has 1 atom stereocenters. The molecular weight excluding hydrogens is 285 g/mol. The normalized spacial score (nSPS) is 15.7. The van der Waals surface area contributed by atoms with E-state index in [-0.39, 0.29) is 17.8 Å². The standard InChI is InChI=1S/C13H19BrFNO/c1-12(2,3)13(17,8-16)7-9-4-5-11(15)10(14)6-9/h4-6,17H,7-8,16H2,1-3H3. The summed E-state index contributed by atoms with van der Waals surface area (Å²) in [5.74, 6) is -0.305. The molecule has 2 nitrogen and oxygen atoms in total. The van der Waals surface area contributed by atoms with Crippen molar-refractivity contribution in [3.05, 3.63) is 34.1 Å². The van der Waals surface area contributed by atoms with Crippen LogP contribution in [0.25, 0.3) is 0 Å². The molecular formula is C13H19BrFNO. The molecule has 0 heterocycles. The monoisotopic (exact) mass is 303 g/mol. The van der Waals surface area contributed by atoms with Crippen molar-refractivity contribution in [3.63, 3.8) is 0 Å². The third-order valence-corrected chi connectivity index (χ3v) is 3.82. The van der Waals surface area contributed by atoms with Crippen LogP contribution in [-0.2, 0) is 6.42 Å². The van der Waals surface area contributed by atoms with E-state index in [2.05, 4.69) is 15.9 Å². The van der Waals surface area contributed by atoms with Gasteiger partial charge in [0, 0.05) is 13.0 Å². The molecule has 0 radical (unpaired) electrons. The topological polar surface area (TPSA) is 46.2 Å². The lowest BCUT2D eigenvalue weighted by Gasteiger charge is -2.39. The second-order valence-corrected chi connectivity index (χ2v) is 6.27. The van der Waals surface area contributed by atoms with Gasteiger partial charge >= 0.3 is 0 Å². The number of nitrogens with two attached hydrogens (primary N) is 1. The smallest absolute Gasteiger partial charge is 0.137 e. The van der Waals surface area contributed by atoms with Crippen LogP contribution >= 0.6 is 15.9 Å². The van der Waals surface area contributed by atoms with E-state index in [4.69, 9.17) is 5.73 Å². The highest BCUT2D eigenvalue weighted by atomic mass is 79.9. The summed E-state index contributed by atoms with van der Waals surface area (Å²) in [5, 5.41) is 10.5. The van der Waals surface area contributed by atoms with Crippen LogP contribution in [-0.4, -0.2) is 17.3 Å². The predicted octanol–water partition coefficient (Wildman–Crippen LogP) is 2.87. The number of aliphatic hydroxyl groups is 1. The zero-order valence-corrected chi connectivity index (χ0v) is 12.0. The molecule has 1 aromatic carbocycles. The van der Waals surface area contributed by atoms with Crippen molar-refractivity contribution in [1.82, 2.24) is 0 Å². The zero-order chi connectivity index (χ0) is 13.3. The number of halogens is 2. The minimum atomic E-state index is -0.996. The van der Waals surface area contributed by atoms with Gasteiger partial charge in [0.05, 0.1) is 10.1 Å². The number of rotatable bonds is 3. The Hall–Kier alpha value is -0.450. The van der Waals surface area contributed by atoms with E-state index < -0.39 is 5.60 Å². The molecule has 0 aliphatic heterocycles. The van der Waals surface area contributed by atoms with E-state index in [9.17, 15) is 9.50 Å². The SMILES string of the molecule is CC(C)(C)C(O)(CN)Cc1ccc(F)c(Br)c1. The lowest BCUT2D eigenvalue weighted by molar-refractivity contribution is -0.0490. The van der Waals surface area contributed by atoms with Crippen LogP contribution < -0.4 is 5.73 Å². The molecule has 0 bridgehead atoms. The summed E-state index contributed by atoms with van der Waals surface area (Å²) >= 11 is 3.14. The molecule has 0 aromatic heterocycles. The zero-order valence-electron chi connectivity index (χ0n) is 10.4. The highest BCUT2D eigenvalue weighted by Crippen LogP contribution is 2.33. The second-order valence-electron chi connectivity index (χ2n) is 5.41. The van der Waals surface area contributed by atoms with Gasteiger partial charge in [0.2, 0.25) is 0 Å². The maximum Gasteiger partial charge on any atom is 0.137 e. The first-order valence-electron chi connectivity index (χ1n) is 5.56. The molecule has 0 aliphatic carbocycles. The molecule has 4 heteroatoms. The molecule has 3 N–H and O–H groups in total. The summed E-state index contributed by atoms with van der Waals surface area (Å²) in [6.07, 6.45) is 0.409. The van der Waals surface area contributed by atoms with Gasteiger partial charge in [0.25, 0.3) is 0 Å². The number of hydrogen-bond acceptors (Lipinski definition) is 2. The van der Waals surface area contributed by atoms with Gasteiger partial charge in [-0.1, -0.05) is 26.8 Å². The van der Waals surface area contributed by atoms with Crippen LogP contribution in [0.4, 0.5) is 4.39 Å². The first-order valence-corrected chi connectivity index (χ1v) is 6.35. The summed E-state index contributed by atoms with van der Waals surface area (Å²) in [6, 6.07) is 4.74. The van der Waals surface area contributed by atoms with Crippen LogP contribution in [0.2, 0.25) is 0 Å². The van der Waals surface area contributed by atoms with Crippen LogP contribution in [0.15, 0.2) is 22.7 Å². The quantitative estimate of drug-likeness (QED) is 0.902. The molecule has 1 unspecified atom stereocenters. The first-order chi connectivity index (χ1) is 7.69. The Morgan fingerprint density at radius 1 is 1.35 bits per heavy atom. The van der Waals surface area contributed by atoms with E-state index in [1.54, 1.807) is 12.1 Å². The average molecular weight is 304 g/mol. The van der Waals surface area contributed by atoms with Gasteiger partial charge in [-0.2, -0.15) is 0 Å². The van der Waals surface area contributed by atoms with Gasteiger partial charge < -0.3 is 10.8 Å². The Bertz CT molecular complexity index is 403. The summed E-state index contributed by atoms with van der Waals surface area (Å²) in [7, 11) is 0. The Labute approximate surface area is 110 Å². The molecule has 0 aliphatic rings. The average Bonchev–Trinajstić information content (AvgIpc) is 2.22. The molecule has 1 rings (SSSR count). The lowest BCUT2D eigenvalue weighted by atomic mass is 9.73. The van der Waals surface area contributed by atoms with Crippen molar-refractivity contribution in [3.8, 4) is 0 Å². The third kappa shape index (κ3) is 3.27. The largest absolute Gasteiger partial charge is 0.388 e. The highest BCUT2D eigenvalue weighted by Gasteiger charge is 2.38. The summed E-state index contributed by atoms with van der Waals surface area (Å²) in [4.78, 5) is 0. The Kier molecular flexibility index (Phi) is 4.33. The van der Waals surface area contributed by atoms with Gasteiger partial charge in [-0.3, -0.25) is 0 Å². The van der Waals surface area contributed by atoms with Crippen molar-refractivity contribution >= 4 is 15.9 Å². The molecule has 0 amide bonds. The van der Waals surface area contributed by atoms with Crippen LogP contribution in [0, 0.1) is 11.2 Å². The minimum absolute atomic E-state index is 0.172. The molecule has 0 saturated carbocycles. The van der Waals surface area contributed by atoms with E-state index in [1.807, 2.05) is 20.8 Å². The minimum Gasteiger partial charge on any atom is -0.388 e. The first kappa shape index (κ1) is 14.6. The molecule has 0 saturated heterocycles. The number of benzene rings is 1. The van der Waals surface area contributed by atoms with Gasteiger partial charge in [0.1, 0.15) is 5.82 Å². The van der Waals surface area contributed by atoms with Crippen LogP contribution in [0.5, 0.6) is 0 Å². The lowest BCUT2D eigenvalue weighted by Crippen LogP contribution is -2.50. The third-order valence-electron chi connectivity index (χ3n) is 3.21. The van der Waals surface area contributed by atoms with Crippen molar-refractivity contribution in [2.75, 3.05) is 6.54 Å². The highest BCUT2D eigenvalue weighted by molar-refractivity contribution is 9.10. The summed E-state index contributed by atoms with van der Waals surface area (Å²) < 4.78 is 13.5. The van der Waals surface area contributed by atoms with Crippen LogP contribution in [0.3, 0.4) is 0 Å². The van der Waals surface area contributed by atoms with E-state index in [0.717, 1.165) is 5.56 Å². The fourth-order valence-electron chi connectivity index (χ4n) is 1.63. The van der Waals surface area contributed by atoms with Gasteiger partial charge in [0.15, 0.2) is 0 Å². The molecule has 17 heavy (non-hydrogen) atoms. The van der Waals surface area contributed by atoms with Crippen molar-refractivity contribution in [2.24, 2.45) is 11.1 Å². The fourth-order valence-corrected chi connectivity index (χ4v) is 2.06. The Morgan fingerprint density at radius 2 is 1.94 bits per heavy atom. The van der Waals surface area contributed by atoms with Crippen LogP contribution in [0.1, 0.15) is 26.3 Å². The van der Waals surface area contributed by atoms with Gasteiger partial charge in [-0.25, -0.2) is 4.39 Å². The fraction of sp³-hybridized carbons (Fsp3) is 0.538. The summed E-state index contributed by atoms with van der Waals surface area (Å²) in [6.45, 7) is 6.00. The molecule has 0 spiro atoms. The van der Waals surface area contributed by atoms with Crippen molar-refractivity contribution in [1.29, 1.82) is 0 Å².